The summed E-state index contributed by atoms with van der Waals surface area (Å²) in [6.45, 7) is 4.00. The molecule has 25 heavy (non-hydrogen) atoms. The lowest BCUT2D eigenvalue weighted by Gasteiger charge is -2.15. The van der Waals surface area contributed by atoms with Crippen LogP contribution in [0.4, 0.5) is 17.3 Å². The van der Waals surface area contributed by atoms with Gasteiger partial charge in [0.2, 0.25) is 0 Å². The summed E-state index contributed by atoms with van der Waals surface area (Å²) < 4.78 is 5.12. The van der Waals surface area contributed by atoms with E-state index < -0.39 is 0 Å². The number of nitrogens with one attached hydrogen (secondary N) is 2. The second-order valence-corrected chi connectivity index (χ2v) is 6.20. The summed E-state index contributed by atoms with van der Waals surface area (Å²) in [5, 5.41) is 6.71. The smallest absolute Gasteiger partial charge is 0.340 e. The molecule has 0 atom stereocenters. The van der Waals surface area contributed by atoms with Crippen molar-refractivity contribution in [3.05, 3.63) is 41.7 Å². The summed E-state index contributed by atoms with van der Waals surface area (Å²) in [6.07, 6.45) is 4.88. The quantitative estimate of drug-likeness (QED) is 0.772. The van der Waals surface area contributed by atoms with Crippen molar-refractivity contribution in [1.82, 2.24) is 9.97 Å². The number of aromatic nitrogens is 2. The zero-order valence-corrected chi connectivity index (χ0v) is 14.7. The molecule has 0 radical (unpaired) electrons. The third-order valence-corrected chi connectivity index (χ3v) is 4.23. The highest BCUT2D eigenvalue weighted by molar-refractivity contribution is 5.96. The number of aryl methyl sites for hydroxylation is 1. The number of esters is 1. The molecule has 1 aliphatic carbocycles. The fraction of sp³-hybridized carbons (Fsp3) is 0.421. The molecular weight excluding hydrogens is 316 g/mol. The Labute approximate surface area is 148 Å². The molecule has 0 aliphatic heterocycles. The van der Waals surface area contributed by atoms with E-state index in [9.17, 15) is 4.79 Å². The molecule has 0 spiro atoms. The molecule has 1 aromatic heterocycles. The van der Waals surface area contributed by atoms with Gasteiger partial charge in [0.25, 0.3) is 0 Å². The van der Waals surface area contributed by atoms with E-state index in [1.54, 1.807) is 13.0 Å². The predicted molar refractivity (Wildman–Crippen MR) is 98.3 cm³/mol. The first kappa shape index (κ1) is 17.2. The summed E-state index contributed by atoms with van der Waals surface area (Å²) in [7, 11) is 0. The van der Waals surface area contributed by atoms with E-state index in [2.05, 4.69) is 20.6 Å². The van der Waals surface area contributed by atoms with Crippen molar-refractivity contribution in [3.8, 4) is 0 Å². The molecule has 0 unspecified atom stereocenters. The SMILES string of the molecule is CCOC(=O)c1ccccc1Nc1cc(NC2CCCC2)nc(C)n1. The number of carbonyl (C=O) groups is 1. The zero-order valence-electron chi connectivity index (χ0n) is 14.7. The van der Waals surface area contributed by atoms with Gasteiger partial charge in [-0.25, -0.2) is 14.8 Å². The first-order valence-corrected chi connectivity index (χ1v) is 8.81. The summed E-state index contributed by atoms with van der Waals surface area (Å²) in [5.74, 6) is 1.81. The molecule has 1 heterocycles. The van der Waals surface area contributed by atoms with Crippen LogP contribution in [0.25, 0.3) is 0 Å². The number of hydrogen-bond donors (Lipinski definition) is 2. The first-order valence-electron chi connectivity index (χ1n) is 8.81. The maximum atomic E-state index is 12.1. The number of anilines is 3. The van der Waals surface area contributed by atoms with Gasteiger partial charge in [0.15, 0.2) is 0 Å². The Bertz CT molecular complexity index is 742. The van der Waals surface area contributed by atoms with Crippen LogP contribution in [0.15, 0.2) is 30.3 Å². The van der Waals surface area contributed by atoms with Crippen LogP contribution in [0.2, 0.25) is 0 Å². The summed E-state index contributed by atoms with van der Waals surface area (Å²) in [4.78, 5) is 21.0. The van der Waals surface area contributed by atoms with E-state index in [4.69, 9.17) is 4.74 Å². The Morgan fingerprint density at radius 3 is 2.68 bits per heavy atom. The van der Waals surface area contributed by atoms with Gasteiger partial charge in [-0.15, -0.1) is 0 Å². The third kappa shape index (κ3) is 4.47. The summed E-state index contributed by atoms with van der Waals surface area (Å²) in [6, 6.07) is 9.63. The summed E-state index contributed by atoms with van der Waals surface area (Å²) >= 11 is 0. The number of ether oxygens (including phenoxy) is 1. The van der Waals surface area contributed by atoms with Crippen molar-refractivity contribution in [3.63, 3.8) is 0 Å². The summed E-state index contributed by atoms with van der Waals surface area (Å²) in [5.41, 5.74) is 1.16. The highest BCUT2D eigenvalue weighted by atomic mass is 16.5. The molecule has 6 heteroatoms. The topological polar surface area (TPSA) is 76.1 Å². The van der Waals surface area contributed by atoms with E-state index in [0.717, 1.165) is 5.82 Å². The van der Waals surface area contributed by atoms with Gasteiger partial charge in [0, 0.05) is 12.1 Å². The van der Waals surface area contributed by atoms with Gasteiger partial charge in [0.05, 0.1) is 17.9 Å². The van der Waals surface area contributed by atoms with Gasteiger partial charge in [-0.3, -0.25) is 0 Å². The minimum Gasteiger partial charge on any atom is -0.462 e. The molecular formula is C19H24N4O2. The van der Waals surface area contributed by atoms with Gasteiger partial charge in [-0.05, 0) is 38.8 Å². The second kappa shape index (κ2) is 7.96. The molecule has 2 aromatic rings. The van der Waals surface area contributed by atoms with Gasteiger partial charge in [-0.1, -0.05) is 25.0 Å². The van der Waals surface area contributed by atoms with Gasteiger partial charge >= 0.3 is 5.97 Å². The van der Waals surface area contributed by atoms with Gasteiger partial charge in [0.1, 0.15) is 17.5 Å². The lowest BCUT2D eigenvalue weighted by atomic mass is 10.2. The molecule has 1 aliphatic rings. The molecule has 1 saturated carbocycles. The van der Waals surface area contributed by atoms with Crippen molar-refractivity contribution in [1.29, 1.82) is 0 Å². The monoisotopic (exact) mass is 340 g/mol. The standard InChI is InChI=1S/C19H24N4O2/c1-3-25-19(24)15-10-6-7-11-16(15)23-18-12-17(20-13(2)21-18)22-14-8-4-5-9-14/h6-7,10-12,14H,3-5,8-9H2,1-2H3,(H2,20,21,22,23). The van der Waals surface area contributed by atoms with Crippen molar-refractivity contribution in [2.45, 2.75) is 45.6 Å². The Morgan fingerprint density at radius 2 is 1.92 bits per heavy atom. The molecule has 1 aromatic carbocycles. The van der Waals surface area contributed by atoms with Crippen LogP contribution in [0.1, 0.15) is 48.8 Å². The molecule has 0 saturated heterocycles. The largest absolute Gasteiger partial charge is 0.462 e. The molecule has 3 rings (SSSR count). The lowest BCUT2D eigenvalue weighted by Crippen LogP contribution is -2.16. The Balaban J connectivity index is 1.81. The number of rotatable bonds is 6. The maximum Gasteiger partial charge on any atom is 0.340 e. The number of carbonyl (C=O) groups excluding carboxylic acids is 1. The fourth-order valence-electron chi connectivity index (χ4n) is 3.10. The molecule has 0 bridgehead atoms. The third-order valence-electron chi connectivity index (χ3n) is 4.23. The average molecular weight is 340 g/mol. The first-order chi connectivity index (χ1) is 12.2. The maximum absolute atomic E-state index is 12.1. The van der Waals surface area contributed by atoms with Crippen LogP contribution < -0.4 is 10.6 Å². The van der Waals surface area contributed by atoms with Gasteiger partial charge < -0.3 is 15.4 Å². The Hall–Kier alpha value is -2.63. The van der Waals surface area contributed by atoms with Crippen LogP contribution in [0.3, 0.4) is 0 Å². The van der Waals surface area contributed by atoms with Crippen molar-refractivity contribution in [2.75, 3.05) is 17.2 Å². The number of nitrogens with zero attached hydrogens (tertiary/aromatic N) is 2. The molecule has 2 N–H and O–H groups in total. The highest BCUT2D eigenvalue weighted by Crippen LogP contribution is 2.25. The van der Waals surface area contributed by atoms with Crippen LogP contribution in [-0.2, 0) is 4.74 Å². The van der Waals surface area contributed by atoms with E-state index in [1.165, 1.54) is 25.7 Å². The van der Waals surface area contributed by atoms with Crippen LogP contribution in [0, 0.1) is 6.92 Å². The van der Waals surface area contributed by atoms with E-state index in [-0.39, 0.29) is 5.97 Å². The average Bonchev–Trinajstić information content (AvgIpc) is 3.08. The van der Waals surface area contributed by atoms with E-state index >= 15 is 0 Å². The van der Waals surface area contributed by atoms with E-state index in [0.29, 0.717) is 35.5 Å². The minimum atomic E-state index is -0.347. The highest BCUT2D eigenvalue weighted by Gasteiger charge is 2.16. The number of benzene rings is 1. The van der Waals surface area contributed by atoms with Crippen LogP contribution >= 0.6 is 0 Å². The lowest BCUT2D eigenvalue weighted by molar-refractivity contribution is 0.0527. The second-order valence-electron chi connectivity index (χ2n) is 6.20. The zero-order chi connectivity index (χ0) is 17.6. The van der Waals surface area contributed by atoms with Crippen LogP contribution in [-0.4, -0.2) is 28.6 Å². The van der Waals surface area contributed by atoms with Gasteiger partial charge in [-0.2, -0.15) is 0 Å². The van der Waals surface area contributed by atoms with Crippen molar-refractivity contribution < 1.29 is 9.53 Å². The molecule has 1 fully saturated rings. The molecule has 0 amide bonds. The van der Waals surface area contributed by atoms with Crippen molar-refractivity contribution in [2.24, 2.45) is 0 Å². The normalized spacial score (nSPS) is 14.3. The number of hydrogen-bond acceptors (Lipinski definition) is 6. The predicted octanol–water partition coefficient (Wildman–Crippen LogP) is 4.06. The fourth-order valence-corrected chi connectivity index (χ4v) is 3.10. The number of para-hydroxylation sites is 1. The Morgan fingerprint density at radius 1 is 1.20 bits per heavy atom. The Kier molecular flexibility index (Phi) is 5.48. The minimum absolute atomic E-state index is 0.342. The van der Waals surface area contributed by atoms with Crippen LogP contribution in [0.5, 0.6) is 0 Å². The van der Waals surface area contributed by atoms with E-state index in [1.807, 2.05) is 31.2 Å². The molecule has 132 valence electrons. The van der Waals surface area contributed by atoms with Crippen molar-refractivity contribution >= 4 is 23.3 Å². The molecule has 6 nitrogen and oxygen atoms in total.